The van der Waals surface area contributed by atoms with Crippen LogP contribution in [0.5, 0.6) is 6.01 Å². The SMILES string of the molecule is CC(=N)N1CCCN(C(=O)c2ccc(Nc3nc(NCc4ccc(Cl)cc4)nc(OCC(F)(F)F)n3)cc2)CC1. The van der Waals surface area contributed by atoms with Crippen molar-refractivity contribution < 1.29 is 22.7 Å². The van der Waals surface area contributed by atoms with Gasteiger partial charge in [-0.3, -0.25) is 10.2 Å². The van der Waals surface area contributed by atoms with E-state index in [9.17, 15) is 18.0 Å². The highest BCUT2D eigenvalue weighted by atomic mass is 35.5. The largest absolute Gasteiger partial charge is 0.454 e. The van der Waals surface area contributed by atoms with Crippen LogP contribution < -0.4 is 15.4 Å². The predicted molar refractivity (Wildman–Crippen MR) is 145 cm³/mol. The summed E-state index contributed by atoms with van der Waals surface area (Å²) in [6, 6.07) is 13.1. The maximum absolute atomic E-state index is 13.0. The van der Waals surface area contributed by atoms with Crippen LogP contribution in [0.4, 0.5) is 30.8 Å². The van der Waals surface area contributed by atoms with E-state index in [-0.39, 0.29) is 24.3 Å². The third-order valence-electron chi connectivity index (χ3n) is 5.99. The maximum Gasteiger partial charge on any atom is 0.422 e. The third kappa shape index (κ3) is 8.43. The van der Waals surface area contributed by atoms with Crippen molar-refractivity contribution in [3.8, 4) is 6.01 Å². The van der Waals surface area contributed by atoms with Crippen molar-refractivity contribution in [2.75, 3.05) is 43.4 Å². The zero-order chi connectivity index (χ0) is 28.7. The first kappa shape index (κ1) is 28.9. The number of ether oxygens (including phenoxy) is 1. The zero-order valence-electron chi connectivity index (χ0n) is 21.6. The number of carbonyl (C=O) groups excluding carboxylic acids is 1. The van der Waals surface area contributed by atoms with Crippen molar-refractivity contribution in [3.05, 3.63) is 64.7 Å². The fourth-order valence-electron chi connectivity index (χ4n) is 3.95. The normalized spacial score (nSPS) is 13.9. The first-order chi connectivity index (χ1) is 19.1. The Morgan fingerprint density at radius 1 is 0.975 bits per heavy atom. The first-order valence-electron chi connectivity index (χ1n) is 12.5. The van der Waals surface area contributed by atoms with Gasteiger partial charge < -0.3 is 25.2 Å². The molecule has 0 spiro atoms. The summed E-state index contributed by atoms with van der Waals surface area (Å²) in [4.78, 5) is 28.9. The van der Waals surface area contributed by atoms with Gasteiger partial charge in [0.2, 0.25) is 11.9 Å². The number of anilines is 3. The molecule has 1 saturated heterocycles. The van der Waals surface area contributed by atoms with E-state index in [1.807, 2.05) is 4.90 Å². The van der Waals surface area contributed by atoms with Gasteiger partial charge in [0, 0.05) is 49.0 Å². The number of benzene rings is 2. The Morgan fingerprint density at radius 2 is 1.62 bits per heavy atom. The van der Waals surface area contributed by atoms with Gasteiger partial charge in [0.05, 0.1) is 5.84 Å². The van der Waals surface area contributed by atoms with E-state index >= 15 is 0 Å². The summed E-state index contributed by atoms with van der Waals surface area (Å²) in [5.41, 5.74) is 1.85. The molecule has 0 bridgehead atoms. The minimum atomic E-state index is -4.57. The predicted octanol–water partition coefficient (Wildman–Crippen LogP) is 4.97. The van der Waals surface area contributed by atoms with Crippen molar-refractivity contribution in [1.29, 1.82) is 5.41 Å². The molecule has 10 nitrogen and oxygen atoms in total. The number of rotatable bonds is 8. The smallest absolute Gasteiger partial charge is 0.422 e. The topological polar surface area (TPSA) is 119 Å². The van der Waals surface area contributed by atoms with Crippen LogP contribution in [0.15, 0.2) is 48.5 Å². The molecule has 1 amide bonds. The van der Waals surface area contributed by atoms with Crippen molar-refractivity contribution in [1.82, 2.24) is 24.8 Å². The number of hydrogen-bond donors (Lipinski definition) is 3. The highest BCUT2D eigenvalue weighted by Crippen LogP contribution is 2.21. The summed E-state index contributed by atoms with van der Waals surface area (Å²) in [6.07, 6.45) is -3.79. The van der Waals surface area contributed by atoms with Gasteiger partial charge in [0.25, 0.3) is 5.91 Å². The average molecular weight is 577 g/mol. The molecule has 1 aliphatic rings. The summed E-state index contributed by atoms with van der Waals surface area (Å²) in [6.45, 7) is 2.92. The lowest BCUT2D eigenvalue weighted by Gasteiger charge is -2.22. The minimum Gasteiger partial charge on any atom is -0.454 e. The van der Waals surface area contributed by atoms with Crippen molar-refractivity contribution in [3.63, 3.8) is 0 Å². The number of amides is 1. The third-order valence-corrected chi connectivity index (χ3v) is 6.24. The van der Waals surface area contributed by atoms with E-state index < -0.39 is 18.8 Å². The monoisotopic (exact) mass is 576 g/mol. The molecular formula is C26H28ClF3N8O2. The minimum absolute atomic E-state index is 0.00629. The number of aromatic nitrogens is 3. The number of hydrogen-bond acceptors (Lipinski definition) is 8. The summed E-state index contributed by atoms with van der Waals surface area (Å²) >= 11 is 5.91. The number of alkyl halides is 3. The molecule has 3 aromatic rings. The molecule has 3 N–H and O–H groups in total. The molecule has 2 aromatic carbocycles. The van der Waals surface area contributed by atoms with Gasteiger partial charge in [0.1, 0.15) is 0 Å². The Morgan fingerprint density at radius 3 is 2.30 bits per heavy atom. The van der Waals surface area contributed by atoms with Crippen LogP contribution in [-0.2, 0) is 6.54 Å². The molecule has 1 aliphatic heterocycles. The average Bonchev–Trinajstić information content (AvgIpc) is 3.18. The molecule has 0 saturated carbocycles. The van der Waals surface area contributed by atoms with Gasteiger partial charge in [-0.2, -0.15) is 28.1 Å². The van der Waals surface area contributed by atoms with E-state index in [0.717, 1.165) is 18.5 Å². The van der Waals surface area contributed by atoms with E-state index in [0.29, 0.717) is 41.7 Å². The van der Waals surface area contributed by atoms with E-state index in [2.05, 4.69) is 25.6 Å². The molecule has 0 atom stereocenters. The standard InChI is InChI=1S/C26H28ClF3N8O2/c1-17(31)37-11-2-12-38(14-13-37)22(39)19-5-9-21(10-6-19)33-24-34-23(32-15-18-3-7-20(27)8-4-18)35-25(36-24)40-16-26(28,29)30/h3-10,31H,2,11-16H2,1H3,(H2,32,33,34,35,36). The Balaban J connectivity index is 1.45. The first-order valence-corrected chi connectivity index (χ1v) is 12.8. The summed E-state index contributed by atoms with van der Waals surface area (Å²) < 4.78 is 42.9. The van der Waals surface area contributed by atoms with E-state index in [1.54, 1.807) is 60.4 Å². The number of amidine groups is 1. The van der Waals surface area contributed by atoms with Gasteiger partial charge in [-0.05, 0) is 55.3 Å². The Labute approximate surface area is 234 Å². The van der Waals surface area contributed by atoms with Gasteiger partial charge in [-0.25, -0.2) is 0 Å². The molecule has 0 unspecified atom stereocenters. The molecule has 0 aliphatic carbocycles. The van der Waals surface area contributed by atoms with Crippen molar-refractivity contribution in [2.24, 2.45) is 0 Å². The van der Waals surface area contributed by atoms with E-state index in [1.165, 1.54) is 0 Å². The number of nitrogens with one attached hydrogen (secondary N) is 3. The highest BCUT2D eigenvalue weighted by molar-refractivity contribution is 6.30. The van der Waals surface area contributed by atoms with Gasteiger partial charge >= 0.3 is 12.2 Å². The Bertz CT molecular complexity index is 1320. The fourth-order valence-corrected chi connectivity index (χ4v) is 4.08. The van der Waals surface area contributed by atoms with E-state index in [4.69, 9.17) is 21.7 Å². The molecular weight excluding hydrogens is 549 g/mol. The zero-order valence-corrected chi connectivity index (χ0v) is 22.4. The second kappa shape index (κ2) is 12.8. The number of nitrogens with zero attached hydrogens (tertiary/aromatic N) is 5. The number of carbonyl (C=O) groups is 1. The summed E-state index contributed by atoms with van der Waals surface area (Å²) in [7, 11) is 0. The van der Waals surface area contributed by atoms with Crippen LogP contribution in [-0.4, -0.2) is 75.5 Å². The molecule has 212 valence electrons. The van der Waals surface area contributed by atoms with Crippen LogP contribution in [0.25, 0.3) is 0 Å². The van der Waals surface area contributed by atoms with Crippen LogP contribution in [0.3, 0.4) is 0 Å². The fraction of sp³-hybridized carbons (Fsp3) is 0.346. The lowest BCUT2D eigenvalue weighted by atomic mass is 10.1. The van der Waals surface area contributed by atoms with Crippen molar-refractivity contribution in [2.45, 2.75) is 26.1 Å². The van der Waals surface area contributed by atoms with Gasteiger partial charge in [-0.1, -0.05) is 23.7 Å². The van der Waals surface area contributed by atoms with Crippen LogP contribution >= 0.6 is 11.6 Å². The van der Waals surface area contributed by atoms with Gasteiger partial charge in [-0.15, -0.1) is 0 Å². The second-order valence-electron chi connectivity index (χ2n) is 9.07. The quantitative estimate of drug-likeness (QED) is 0.254. The second-order valence-corrected chi connectivity index (χ2v) is 9.51. The molecule has 0 radical (unpaired) electrons. The van der Waals surface area contributed by atoms with Crippen molar-refractivity contribution >= 4 is 40.9 Å². The van der Waals surface area contributed by atoms with Crippen LogP contribution in [0, 0.1) is 5.41 Å². The molecule has 4 rings (SSSR count). The van der Waals surface area contributed by atoms with Gasteiger partial charge in [0.15, 0.2) is 6.61 Å². The molecule has 40 heavy (non-hydrogen) atoms. The summed E-state index contributed by atoms with van der Waals surface area (Å²) in [5, 5.41) is 14.3. The Kier molecular flexibility index (Phi) is 9.25. The number of halogens is 4. The molecule has 14 heteroatoms. The van der Waals surface area contributed by atoms with Crippen LogP contribution in [0.2, 0.25) is 5.02 Å². The molecule has 1 fully saturated rings. The molecule has 2 heterocycles. The Hall–Kier alpha value is -4.13. The summed E-state index contributed by atoms with van der Waals surface area (Å²) in [5.74, 6) is 0.331. The van der Waals surface area contributed by atoms with Crippen LogP contribution in [0.1, 0.15) is 29.3 Å². The molecule has 1 aromatic heterocycles. The lowest BCUT2D eigenvalue weighted by Crippen LogP contribution is -2.36. The highest BCUT2D eigenvalue weighted by Gasteiger charge is 2.29. The lowest BCUT2D eigenvalue weighted by molar-refractivity contribution is -0.154. The maximum atomic E-state index is 13.0.